The van der Waals surface area contributed by atoms with Crippen LogP contribution in [0.15, 0.2) is 29.8 Å². The van der Waals surface area contributed by atoms with Crippen molar-refractivity contribution in [2.24, 2.45) is 0 Å². The van der Waals surface area contributed by atoms with Gasteiger partial charge >= 0.3 is 0 Å². The molecule has 1 aromatic carbocycles. The first-order valence-corrected chi connectivity index (χ1v) is 7.85. The minimum absolute atomic E-state index is 0.282. The first-order chi connectivity index (χ1) is 9.31. The van der Waals surface area contributed by atoms with Crippen molar-refractivity contribution in [3.05, 3.63) is 51.5 Å². The Kier molecular flexibility index (Phi) is 3.67. The van der Waals surface area contributed by atoms with E-state index in [0.29, 0.717) is 0 Å². The summed E-state index contributed by atoms with van der Waals surface area (Å²) in [4.78, 5) is 5.74. The summed E-state index contributed by atoms with van der Waals surface area (Å²) in [6.45, 7) is 2.10. The first-order valence-electron chi connectivity index (χ1n) is 6.97. The molecule has 2 aromatic rings. The second-order valence-corrected chi connectivity index (χ2v) is 6.17. The quantitative estimate of drug-likeness (QED) is 0.909. The smallest absolute Gasteiger partial charge is 0.0798 e. The molecule has 0 spiro atoms. The Morgan fingerprint density at radius 2 is 2.11 bits per heavy atom. The molecular weight excluding hydrogens is 252 g/mol. The average Bonchev–Trinajstić information content (AvgIpc) is 2.77. The molecule has 1 unspecified atom stereocenters. The molecular formula is C16H20N2S. The fraction of sp³-hybridized carbons (Fsp3) is 0.438. The van der Waals surface area contributed by atoms with E-state index in [1.807, 2.05) is 12.6 Å². The van der Waals surface area contributed by atoms with Gasteiger partial charge in [0, 0.05) is 4.88 Å². The largest absolute Gasteiger partial charge is 0.309 e. The maximum absolute atomic E-state index is 4.40. The Morgan fingerprint density at radius 1 is 1.32 bits per heavy atom. The zero-order chi connectivity index (χ0) is 13.2. The van der Waals surface area contributed by atoms with E-state index in [1.165, 1.54) is 35.3 Å². The lowest BCUT2D eigenvalue weighted by atomic mass is 9.77. The fourth-order valence-electron chi connectivity index (χ4n) is 2.88. The van der Waals surface area contributed by atoms with Crippen LogP contribution in [0.4, 0.5) is 0 Å². The molecule has 0 saturated heterocycles. The Hall–Kier alpha value is -1.19. The normalized spacial score (nSPS) is 17.2. The van der Waals surface area contributed by atoms with Crippen LogP contribution >= 0.6 is 11.3 Å². The second-order valence-electron chi connectivity index (χ2n) is 5.28. The highest BCUT2D eigenvalue weighted by Crippen LogP contribution is 2.41. The molecule has 1 fully saturated rings. The molecule has 1 aromatic heterocycles. The van der Waals surface area contributed by atoms with E-state index in [1.54, 1.807) is 11.3 Å². The number of nitrogens with zero attached hydrogens (tertiary/aromatic N) is 1. The summed E-state index contributed by atoms with van der Waals surface area (Å²) in [5.74, 6) is 0.764. The number of rotatable bonds is 4. The number of nitrogens with one attached hydrogen (secondary N) is 1. The van der Waals surface area contributed by atoms with Crippen LogP contribution in [0.25, 0.3) is 0 Å². The Bertz CT molecular complexity index is 557. The van der Waals surface area contributed by atoms with Crippen molar-refractivity contribution in [2.75, 3.05) is 7.05 Å². The van der Waals surface area contributed by atoms with Crippen LogP contribution < -0.4 is 5.32 Å². The molecule has 1 aliphatic rings. The molecule has 1 saturated carbocycles. The summed E-state index contributed by atoms with van der Waals surface area (Å²) in [5.41, 5.74) is 6.05. The zero-order valence-electron chi connectivity index (χ0n) is 11.5. The van der Waals surface area contributed by atoms with E-state index in [0.717, 1.165) is 11.6 Å². The average molecular weight is 272 g/mol. The van der Waals surface area contributed by atoms with Crippen molar-refractivity contribution < 1.29 is 0 Å². The van der Waals surface area contributed by atoms with Crippen molar-refractivity contribution in [1.82, 2.24) is 10.3 Å². The molecule has 1 aliphatic carbocycles. The predicted octanol–water partition coefficient (Wildman–Crippen LogP) is 4.03. The highest BCUT2D eigenvalue weighted by molar-refractivity contribution is 7.09. The maximum atomic E-state index is 4.40. The topological polar surface area (TPSA) is 24.9 Å². The summed E-state index contributed by atoms with van der Waals surface area (Å²) in [6.07, 6.45) is 4.06. The first kappa shape index (κ1) is 12.8. The molecule has 1 N–H and O–H groups in total. The van der Waals surface area contributed by atoms with Crippen LogP contribution in [0.3, 0.4) is 0 Å². The SMILES string of the molecule is CNC(c1ccccc1C1CCC1)c1scnc1C. The third-order valence-corrected chi connectivity index (χ3v) is 5.18. The van der Waals surface area contributed by atoms with Crippen molar-refractivity contribution in [2.45, 2.75) is 38.1 Å². The Morgan fingerprint density at radius 3 is 2.68 bits per heavy atom. The van der Waals surface area contributed by atoms with Gasteiger partial charge in [0.25, 0.3) is 0 Å². The van der Waals surface area contributed by atoms with Crippen molar-refractivity contribution >= 4 is 11.3 Å². The Labute approximate surface area is 118 Å². The van der Waals surface area contributed by atoms with Gasteiger partial charge in [-0.2, -0.15) is 0 Å². The third kappa shape index (κ3) is 2.33. The van der Waals surface area contributed by atoms with Gasteiger partial charge in [-0.25, -0.2) is 4.98 Å². The van der Waals surface area contributed by atoms with Crippen LogP contribution in [-0.2, 0) is 0 Å². The number of hydrogen-bond donors (Lipinski definition) is 1. The Balaban J connectivity index is 2.02. The van der Waals surface area contributed by atoms with E-state index in [2.05, 4.69) is 41.5 Å². The lowest BCUT2D eigenvalue weighted by Crippen LogP contribution is -2.21. The summed E-state index contributed by atoms with van der Waals surface area (Å²) in [5, 5.41) is 3.48. The van der Waals surface area contributed by atoms with Crippen molar-refractivity contribution in [3.8, 4) is 0 Å². The highest BCUT2D eigenvalue weighted by atomic mass is 32.1. The second kappa shape index (κ2) is 5.43. The van der Waals surface area contributed by atoms with E-state index >= 15 is 0 Å². The van der Waals surface area contributed by atoms with Gasteiger partial charge in [-0.3, -0.25) is 0 Å². The molecule has 1 atom stereocenters. The van der Waals surface area contributed by atoms with Gasteiger partial charge in [-0.05, 0) is 43.9 Å². The van der Waals surface area contributed by atoms with Gasteiger partial charge in [0.2, 0.25) is 0 Å². The van der Waals surface area contributed by atoms with Gasteiger partial charge in [0.1, 0.15) is 0 Å². The van der Waals surface area contributed by atoms with Crippen LogP contribution in [0.5, 0.6) is 0 Å². The van der Waals surface area contributed by atoms with Crippen molar-refractivity contribution in [3.63, 3.8) is 0 Å². The number of aromatic nitrogens is 1. The van der Waals surface area contributed by atoms with Crippen LogP contribution in [0.2, 0.25) is 0 Å². The third-order valence-electron chi connectivity index (χ3n) is 4.19. The lowest BCUT2D eigenvalue weighted by Gasteiger charge is -2.30. The standard InChI is InChI=1S/C16H20N2S/c1-11-16(19-10-18-11)15(17-2)14-9-4-3-8-13(14)12-6-5-7-12/h3-4,8-10,12,15,17H,5-7H2,1-2H3. The lowest BCUT2D eigenvalue weighted by molar-refractivity contribution is 0.415. The summed E-state index contributed by atoms with van der Waals surface area (Å²) < 4.78 is 0. The monoisotopic (exact) mass is 272 g/mol. The number of aryl methyl sites for hydroxylation is 1. The van der Waals surface area contributed by atoms with E-state index < -0.39 is 0 Å². The van der Waals surface area contributed by atoms with Gasteiger partial charge in [-0.15, -0.1) is 11.3 Å². The zero-order valence-corrected chi connectivity index (χ0v) is 12.3. The van der Waals surface area contributed by atoms with Gasteiger partial charge in [0.05, 0.1) is 17.2 Å². The number of benzene rings is 1. The maximum Gasteiger partial charge on any atom is 0.0798 e. The van der Waals surface area contributed by atoms with E-state index in [4.69, 9.17) is 0 Å². The van der Waals surface area contributed by atoms with Crippen LogP contribution in [0, 0.1) is 6.92 Å². The molecule has 0 bridgehead atoms. The molecule has 100 valence electrons. The molecule has 3 heteroatoms. The van der Waals surface area contributed by atoms with Gasteiger partial charge in [0.15, 0.2) is 0 Å². The van der Waals surface area contributed by atoms with Gasteiger partial charge in [-0.1, -0.05) is 30.7 Å². The van der Waals surface area contributed by atoms with E-state index in [-0.39, 0.29) is 6.04 Å². The molecule has 0 aliphatic heterocycles. The van der Waals surface area contributed by atoms with Crippen LogP contribution in [-0.4, -0.2) is 12.0 Å². The summed E-state index contributed by atoms with van der Waals surface area (Å²) in [7, 11) is 2.04. The summed E-state index contributed by atoms with van der Waals surface area (Å²) in [6, 6.07) is 9.18. The van der Waals surface area contributed by atoms with Crippen LogP contribution in [0.1, 0.15) is 52.9 Å². The molecule has 1 heterocycles. The fourth-order valence-corrected chi connectivity index (χ4v) is 3.81. The highest BCUT2D eigenvalue weighted by Gasteiger charge is 2.26. The minimum atomic E-state index is 0.282. The predicted molar refractivity (Wildman–Crippen MR) is 80.8 cm³/mol. The van der Waals surface area contributed by atoms with Crippen molar-refractivity contribution in [1.29, 1.82) is 0 Å². The van der Waals surface area contributed by atoms with E-state index in [9.17, 15) is 0 Å². The molecule has 0 radical (unpaired) electrons. The minimum Gasteiger partial charge on any atom is -0.309 e. The molecule has 0 amide bonds. The molecule has 2 nitrogen and oxygen atoms in total. The molecule has 19 heavy (non-hydrogen) atoms. The number of thiazole rings is 1. The number of hydrogen-bond acceptors (Lipinski definition) is 3. The molecule has 3 rings (SSSR count). The summed E-state index contributed by atoms with van der Waals surface area (Å²) >= 11 is 1.75. The van der Waals surface area contributed by atoms with Gasteiger partial charge < -0.3 is 5.32 Å².